The van der Waals surface area contributed by atoms with Crippen LogP contribution in [-0.4, -0.2) is 50.5 Å². The predicted molar refractivity (Wildman–Crippen MR) is 71.8 cm³/mol. The van der Waals surface area contributed by atoms with Crippen LogP contribution in [0.1, 0.15) is 39.0 Å². The highest BCUT2D eigenvalue weighted by Crippen LogP contribution is 2.22. The Labute approximate surface area is 105 Å². The zero-order valence-electron chi connectivity index (χ0n) is 11.1. The van der Waals surface area contributed by atoms with Crippen LogP contribution in [0.5, 0.6) is 0 Å². The van der Waals surface area contributed by atoms with Crippen molar-refractivity contribution in [3.63, 3.8) is 0 Å². The Bertz CT molecular complexity index is 308. The third-order valence-corrected chi connectivity index (χ3v) is 4.44. The first kappa shape index (κ1) is 14.9. The van der Waals surface area contributed by atoms with E-state index in [1.54, 1.807) is 0 Å². The molecular formula is C12H26N2O2S. The van der Waals surface area contributed by atoms with Gasteiger partial charge in [-0.25, -0.2) is 8.42 Å². The second-order valence-corrected chi connectivity index (χ2v) is 7.49. The first-order valence-electron chi connectivity index (χ1n) is 6.59. The van der Waals surface area contributed by atoms with Gasteiger partial charge >= 0.3 is 0 Å². The highest BCUT2D eigenvalue weighted by Gasteiger charge is 2.24. The Hall–Kier alpha value is -0.130. The Morgan fingerprint density at radius 2 is 1.76 bits per heavy atom. The van der Waals surface area contributed by atoms with Crippen molar-refractivity contribution in [3.8, 4) is 0 Å². The lowest BCUT2D eigenvalue weighted by molar-refractivity contribution is 0.158. The Kier molecular flexibility index (Phi) is 5.89. The molecule has 1 aliphatic rings. The molecule has 0 atom stereocenters. The van der Waals surface area contributed by atoms with Gasteiger partial charge in [-0.2, -0.15) is 0 Å². The van der Waals surface area contributed by atoms with Crippen LogP contribution in [0.4, 0.5) is 0 Å². The van der Waals surface area contributed by atoms with Crippen molar-refractivity contribution in [1.82, 2.24) is 4.90 Å². The molecule has 1 aliphatic carbocycles. The molecule has 1 rings (SSSR count). The number of nitrogens with two attached hydrogens (primary N) is 1. The van der Waals surface area contributed by atoms with Gasteiger partial charge in [0.1, 0.15) is 9.84 Å². The average Bonchev–Trinajstić information content (AvgIpc) is 2.24. The van der Waals surface area contributed by atoms with Crippen LogP contribution in [0.25, 0.3) is 0 Å². The SMILES string of the molecule is CCCN(CCS(C)(=O)=O)C1CCC(N)CC1. The maximum Gasteiger partial charge on any atom is 0.148 e. The molecule has 0 unspecified atom stereocenters. The molecule has 0 aromatic heterocycles. The zero-order valence-corrected chi connectivity index (χ0v) is 11.9. The maximum atomic E-state index is 11.2. The average molecular weight is 262 g/mol. The minimum atomic E-state index is -2.85. The molecule has 0 saturated heterocycles. The summed E-state index contributed by atoms with van der Waals surface area (Å²) >= 11 is 0. The summed E-state index contributed by atoms with van der Waals surface area (Å²) in [4.78, 5) is 2.34. The molecule has 0 bridgehead atoms. The summed E-state index contributed by atoms with van der Waals surface area (Å²) in [6, 6.07) is 0.890. The van der Waals surface area contributed by atoms with Crippen molar-refractivity contribution in [2.24, 2.45) is 5.73 Å². The Balaban J connectivity index is 2.47. The molecular weight excluding hydrogens is 236 g/mol. The number of hydrogen-bond acceptors (Lipinski definition) is 4. The first-order valence-corrected chi connectivity index (χ1v) is 8.65. The van der Waals surface area contributed by atoms with Crippen LogP contribution >= 0.6 is 0 Å². The highest BCUT2D eigenvalue weighted by atomic mass is 32.2. The van der Waals surface area contributed by atoms with E-state index in [9.17, 15) is 8.42 Å². The normalized spacial score (nSPS) is 26.4. The summed E-state index contributed by atoms with van der Waals surface area (Å²) < 4.78 is 22.5. The van der Waals surface area contributed by atoms with Crippen LogP contribution in [0.3, 0.4) is 0 Å². The largest absolute Gasteiger partial charge is 0.328 e. The zero-order chi connectivity index (χ0) is 12.9. The quantitative estimate of drug-likeness (QED) is 0.776. The van der Waals surface area contributed by atoms with E-state index in [1.165, 1.54) is 6.26 Å². The standard InChI is InChI=1S/C12H26N2O2S/c1-3-8-14(9-10-17(2,15)16)12-6-4-11(13)5-7-12/h11-12H,3-10,13H2,1-2H3. The van der Waals surface area contributed by atoms with Crippen molar-refractivity contribution >= 4 is 9.84 Å². The van der Waals surface area contributed by atoms with Gasteiger partial charge in [-0.15, -0.1) is 0 Å². The van der Waals surface area contributed by atoms with Gasteiger partial charge in [0.05, 0.1) is 5.75 Å². The van der Waals surface area contributed by atoms with E-state index >= 15 is 0 Å². The summed E-state index contributed by atoms with van der Waals surface area (Å²) in [6.45, 7) is 3.81. The van der Waals surface area contributed by atoms with Crippen LogP contribution in [0.2, 0.25) is 0 Å². The number of sulfone groups is 1. The number of rotatable bonds is 6. The van der Waals surface area contributed by atoms with Crippen LogP contribution < -0.4 is 5.73 Å². The summed E-state index contributed by atoms with van der Waals surface area (Å²) in [7, 11) is -2.85. The fourth-order valence-electron chi connectivity index (χ4n) is 2.51. The summed E-state index contributed by atoms with van der Waals surface area (Å²) in [5.74, 6) is 0.273. The molecule has 0 heterocycles. The lowest BCUT2D eigenvalue weighted by Gasteiger charge is -2.35. The van der Waals surface area contributed by atoms with Crippen molar-refractivity contribution in [2.45, 2.75) is 51.1 Å². The van der Waals surface area contributed by atoms with Gasteiger partial charge in [0.25, 0.3) is 0 Å². The first-order chi connectivity index (χ1) is 7.92. The molecule has 1 fully saturated rings. The Morgan fingerprint density at radius 3 is 2.24 bits per heavy atom. The predicted octanol–water partition coefficient (Wildman–Crippen LogP) is 1.01. The maximum absolute atomic E-state index is 11.2. The molecule has 4 nitrogen and oxygen atoms in total. The summed E-state index contributed by atoms with van der Waals surface area (Å²) in [6.07, 6.45) is 6.77. The smallest absolute Gasteiger partial charge is 0.148 e. The molecule has 17 heavy (non-hydrogen) atoms. The lowest BCUT2D eigenvalue weighted by Crippen LogP contribution is -2.43. The van der Waals surface area contributed by atoms with E-state index in [0.717, 1.165) is 38.6 Å². The van der Waals surface area contributed by atoms with E-state index in [2.05, 4.69) is 11.8 Å². The number of nitrogens with zero attached hydrogens (tertiary/aromatic N) is 1. The summed E-state index contributed by atoms with van der Waals surface area (Å²) in [5, 5.41) is 0. The highest BCUT2D eigenvalue weighted by molar-refractivity contribution is 7.90. The molecule has 5 heteroatoms. The molecule has 102 valence electrons. The topological polar surface area (TPSA) is 63.4 Å². The molecule has 0 spiro atoms. The van der Waals surface area contributed by atoms with Gasteiger partial charge < -0.3 is 5.73 Å². The monoisotopic (exact) mass is 262 g/mol. The van der Waals surface area contributed by atoms with Gasteiger partial charge in [0.15, 0.2) is 0 Å². The fourth-order valence-corrected chi connectivity index (χ4v) is 3.08. The molecule has 1 saturated carbocycles. The number of hydrogen-bond donors (Lipinski definition) is 1. The second-order valence-electron chi connectivity index (χ2n) is 5.23. The van der Waals surface area contributed by atoms with Crippen molar-refractivity contribution < 1.29 is 8.42 Å². The molecule has 0 radical (unpaired) electrons. The van der Waals surface area contributed by atoms with Crippen molar-refractivity contribution in [2.75, 3.05) is 25.1 Å². The molecule has 0 aromatic rings. The molecule has 0 amide bonds. The van der Waals surface area contributed by atoms with E-state index in [0.29, 0.717) is 18.6 Å². The van der Waals surface area contributed by atoms with E-state index in [4.69, 9.17) is 5.73 Å². The van der Waals surface area contributed by atoms with Crippen molar-refractivity contribution in [1.29, 1.82) is 0 Å². The fraction of sp³-hybridized carbons (Fsp3) is 1.00. The molecule has 0 aromatic carbocycles. The second kappa shape index (κ2) is 6.71. The van der Waals surface area contributed by atoms with Crippen LogP contribution in [0.15, 0.2) is 0 Å². The van der Waals surface area contributed by atoms with E-state index < -0.39 is 9.84 Å². The molecule has 0 aliphatic heterocycles. The third kappa shape index (κ3) is 5.84. The minimum Gasteiger partial charge on any atom is -0.328 e. The van der Waals surface area contributed by atoms with Crippen LogP contribution in [-0.2, 0) is 9.84 Å². The van der Waals surface area contributed by atoms with Gasteiger partial charge in [-0.05, 0) is 38.6 Å². The van der Waals surface area contributed by atoms with E-state index in [1.807, 2.05) is 0 Å². The van der Waals surface area contributed by atoms with Gasteiger partial charge in [0.2, 0.25) is 0 Å². The molecule has 2 N–H and O–H groups in total. The van der Waals surface area contributed by atoms with Crippen LogP contribution in [0, 0.1) is 0 Å². The minimum absolute atomic E-state index is 0.273. The van der Waals surface area contributed by atoms with Gasteiger partial charge in [0, 0.05) is 24.9 Å². The summed E-state index contributed by atoms with van der Waals surface area (Å²) in [5.41, 5.74) is 5.90. The lowest BCUT2D eigenvalue weighted by atomic mass is 9.90. The van der Waals surface area contributed by atoms with E-state index in [-0.39, 0.29) is 5.75 Å². The van der Waals surface area contributed by atoms with Crippen molar-refractivity contribution in [3.05, 3.63) is 0 Å². The van der Waals surface area contributed by atoms with Gasteiger partial charge in [-0.1, -0.05) is 6.92 Å². The third-order valence-electron chi connectivity index (χ3n) is 3.52. The Morgan fingerprint density at radius 1 is 1.18 bits per heavy atom. The van der Waals surface area contributed by atoms with Gasteiger partial charge in [-0.3, -0.25) is 4.90 Å².